The van der Waals surface area contributed by atoms with Gasteiger partial charge in [0, 0.05) is 5.92 Å². The monoisotopic (exact) mass is 292 g/mol. The third-order valence-electron chi connectivity index (χ3n) is 3.65. The Morgan fingerprint density at radius 3 is 2.50 bits per heavy atom. The Hall–Kier alpha value is -1.49. The predicted octanol–water partition coefficient (Wildman–Crippen LogP) is 1.53. The third-order valence-corrected chi connectivity index (χ3v) is 4.29. The van der Waals surface area contributed by atoms with Crippen LogP contribution >= 0.6 is 11.8 Å². The van der Waals surface area contributed by atoms with Crippen molar-refractivity contribution >= 4 is 23.6 Å². The summed E-state index contributed by atoms with van der Waals surface area (Å²) in [7, 11) is 0. The molecule has 1 aromatic rings. The summed E-state index contributed by atoms with van der Waals surface area (Å²) in [4.78, 5) is 24.3. The second-order valence-electron chi connectivity index (χ2n) is 5.03. The zero-order valence-electron chi connectivity index (χ0n) is 11.8. The van der Waals surface area contributed by atoms with Crippen LogP contribution < -0.4 is 10.6 Å². The van der Waals surface area contributed by atoms with Crippen molar-refractivity contribution in [2.24, 2.45) is 0 Å². The summed E-state index contributed by atoms with van der Waals surface area (Å²) in [6, 6.07) is 8.89. The van der Waals surface area contributed by atoms with Crippen LogP contribution in [0.25, 0.3) is 0 Å². The maximum absolute atomic E-state index is 12.2. The van der Waals surface area contributed by atoms with Gasteiger partial charge in [-0.1, -0.05) is 37.3 Å². The Balaban J connectivity index is 2.04. The summed E-state index contributed by atoms with van der Waals surface area (Å²) in [5.41, 5.74) is 1.05. The second-order valence-corrected chi connectivity index (χ2v) is 6.01. The number of thioether (sulfide) groups is 1. The van der Waals surface area contributed by atoms with Crippen molar-refractivity contribution in [2.75, 3.05) is 12.0 Å². The molecule has 2 amide bonds. The predicted molar refractivity (Wildman–Crippen MR) is 81.7 cm³/mol. The van der Waals surface area contributed by atoms with Gasteiger partial charge in [0.1, 0.15) is 12.1 Å². The first-order valence-electron chi connectivity index (χ1n) is 6.78. The van der Waals surface area contributed by atoms with Gasteiger partial charge in [-0.2, -0.15) is 11.8 Å². The molecular formula is C15H20N2O2S. The molecule has 1 fully saturated rings. The number of benzene rings is 1. The highest BCUT2D eigenvalue weighted by Crippen LogP contribution is 2.21. The van der Waals surface area contributed by atoms with E-state index < -0.39 is 12.1 Å². The van der Waals surface area contributed by atoms with Crippen LogP contribution in [0.1, 0.15) is 24.8 Å². The fourth-order valence-electron chi connectivity index (χ4n) is 2.39. The molecule has 4 nitrogen and oxygen atoms in total. The molecule has 1 unspecified atom stereocenters. The Labute approximate surface area is 123 Å². The molecule has 5 heteroatoms. The number of hydrogen-bond donors (Lipinski definition) is 2. The SMILES string of the molecule is CSCC[C@H]1NC(=O)[C@@H](C(C)c2ccccc2)NC1=O. The van der Waals surface area contributed by atoms with Crippen molar-refractivity contribution < 1.29 is 9.59 Å². The van der Waals surface area contributed by atoms with E-state index in [1.807, 2.05) is 43.5 Å². The van der Waals surface area contributed by atoms with Gasteiger partial charge in [-0.25, -0.2) is 0 Å². The van der Waals surface area contributed by atoms with E-state index in [4.69, 9.17) is 0 Å². The maximum Gasteiger partial charge on any atom is 0.243 e. The molecule has 3 atom stereocenters. The largest absolute Gasteiger partial charge is 0.342 e. The molecule has 108 valence electrons. The summed E-state index contributed by atoms with van der Waals surface area (Å²) in [5.74, 6) is 0.650. The van der Waals surface area contributed by atoms with Crippen molar-refractivity contribution in [1.82, 2.24) is 10.6 Å². The van der Waals surface area contributed by atoms with Gasteiger partial charge < -0.3 is 10.6 Å². The molecule has 1 aliphatic rings. The number of nitrogens with one attached hydrogen (secondary N) is 2. The van der Waals surface area contributed by atoms with Crippen LogP contribution in [0.15, 0.2) is 30.3 Å². The minimum Gasteiger partial charge on any atom is -0.342 e. The molecule has 0 aliphatic carbocycles. The first-order chi connectivity index (χ1) is 9.63. The lowest BCUT2D eigenvalue weighted by molar-refractivity contribution is -0.137. The fourth-order valence-corrected chi connectivity index (χ4v) is 2.86. The molecular weight excluding hydrogens is 272 g/mol. The Morgan fingerprint density at radius 2 is 1.85 bits per heavy atom. The highest BCUT2D eigenvalue weighted by molar-refractivity contribution is 7.98. The molecule has 1 saturated heterocycles. The average Bonchev–Trinajstić information content (AvgIpc) is 2.48. The zero-order valence-corrected chi connectivity index (χ0v) is 12.6. The molecule has 1 aromatic carbocycles. The normalized spacial score (nSPS) is 23.9. The van der Waals surface area contributed by atoms with Gasteiger partial charge in [-0.05, 0) is 24.0 Å². The topological polar surface area (TPSA) is 58.2 Å². The average molecular weight is 292 g/mol. The molecule has 0 aromatic heterocycles. The van der Waals surface area contributed by atoms with Crippen molar-refractivity contribution in [1.29, 1.82) is 0 Å². The van der Waals surface area contributed by atoms with Crippen LogP contribution in [0.2, 0.25) is 0 Å². The van der Waals surface area contributed by atoms with Gasteiger partial charge in [-0.3, -0.25) is 9.59 Å². The van der Waals surface area contributed by atoms with E-state index in [0.717, 1.165) is 11.3 Å². The number of carbonyl (C=O) groups is 2. The quantitative estimate of drug-likeness (QED) is 0.865. The highest BCUT2D eigenvalue weighted by Gasteiger charge is 2.36. The summed E-state index contributed by atoms with van der Waals surface area (Å²) < 4.78 is 0. The Morgan fingerprint density at radius 1 is 1.15 bits per heavy atom. The molecule has 0 saturated carbocycles. The molecule has 0 radical (unpaired) electrons. The number of piperazine rings is 1. The number of hydrogen-bond acceptors (Lipinski definition) is 3. The van der Waals surface area contributed by atoms with E-state index in [-0.39, 0.29) is 17.7 Å². The van der Waals surface area contributed by atoms with Gasteiger partial charge in [0.05, 0.1) is 0 Å². The number of rotatable bonds is 5. The van der Waals surface area contributed by atoms with E-state index in [1.165, 1.54) is 0 Å². The maximum atomic E-state index is 12.2. The molecule has 20 heavy (non-hydrogen) atoms. The smallest absolute Gasteiger partial charge is 0.243 e. The van der Waals surface area contributed by atoms with Crippen LogP contribution in [0.3, 0.4) is 0 Å². The lowest BCUT2D eigenvalue weighted by Crippen LogP contribution is -2.63. The van der Waals surface area contributed by atoms with Gasteiger partial charge in [0.25, 0.3) is 0 Å². The Bertz CT molecular complexity index is 478. The van der Waals surface area contributed by atoms with Crippen LogP contribution in [-0.2, 0) is 9.59 Å². The van der Waals surface area contributed by atoms with Crippen LogP contribution in [0.5, 0.6) is 0 Å². The molecule has 0 bridgehead atoms. The van der Waals surface area contributed by atoms with E-state index in [2.05, 4.69) is 10.6 Å². The van der Waals surface area contributed by atoms with E-state index in [0.29, 0.717) is 6.42 Å². The second kappa shape index (κ2) is 6.79. The van der Waals surface area contributed by atoms with Crippen molar-refractivity contribution in [2.45, 2.75) is 31.3 Å². The summed E-state index contributed by atoms with van der Waals surface area (Å²) in [5, 5.41) is 5.70. The van der Waals surface area contributed by atoms with Gasteiger partial charge in [0.2, 0.25) is 11.8 Å². The fraction of sp³-hybridized carbons (Fsp3) is 0.467. The summed E-state index contributed by atoms with van der Waals surface area (Å²) in [6.45, 7) is 1.96. The standard InChI is InChI=1S/C15H20N2O2S/c1-10(11-6-4-3-5-7-11)13-15(19)16-12(8-9-20-2)14(18)17-13/h3-7,10,12-13H,8-9H2,1-2H3,(H,16,19)(H,17,18)/t10?,12-,13-/m1/s1. The first-order valence-corrected chi connectivity index (χ1v) is 8.17. The highest BCUT2D eigenvalue weighted by atomic mass is 32.2. The molecule has 0 spiro atoms. The number of amides is 2. The number of carbonyl (C=O) groups excluding carboxylic acids is 2. The Kier molecular flexibility index (Phi) is 5.06. The third kappa shape index (κ3) is 3.33. The molecule has 1 aliphatic heterocycles. The first kappa shape index (κ1) is 14.9. The lowest BCUT2D eigenvalue weighted by Gasteiger charge is -2.33. The van der Waals surface area contributed by atoms with E-state index in [1.54, 1.807) is 11.8 Å². The van der Waals surface area contributed by atoms with E-state index >= 15 is 0 Å². The van der Waals surface area contributed by atoms with Crippen LogP contribution in [0.4, 0.5) is 0 Å². The minimum absolute atomic E-state index is 0.0401. The molecule has 2 N–H and O–H groups in total. The zero-order chi connectivity index (χ0) is 14.5. The minimum atomic E-state index is -0.490. The van der Waals surface area contributed by atoms with Crippen molar-refractivity contribution in [3.63, 3.8) is 0 Å². The summed E-state index contributed by atoms with van der Waals surface area (Å²) in [6.07, 6.45) is 2.66. The van der Waals surface area contributed by atoms with E-state index in [9.17, 15) is 9.59 Å². The molecule has 2 rings (SSSR count). The summed E-state index contributed by atoms with van der Waals surface area (Å²) >= 11 is 1.67. The van der Waals surface area contributed by atoms with Crippen LogP contribution in [-0.4, -0.2) is 35.9 Å². The van der Waals surface area contributed by atoms with Gasteiger partial charge in [-0.15, -0.1) is 0 Å². The van der Waals surface area contributed by atoms with Crippen molar-refractivity contribution in [3.05, 3.63) is 35.9 Å². The lowest BCUT2D eigenvalue weighted by atomic mass is 9.90. The van der Waals surface area contributed by atoms with Gasteiger partial charge in [0.15, 0.2) is 0 Å². The van der Waals surface area contributed by atoms with Crippen LogP contribution in [0, 0.1) is 0 Å². The molecule has 1 heterocycles. The van der Waals surface area contributed by atoms with Gasteiger partial charge >= 0.3 is 0 Å². The van der Waals surface area contributed by atoms with Crippen molar-refractivity contribution in [3.8, 4) is 0 Å².